The molecule has 2 unspecified atom stereocenters. The van der Waals surface area contributed by atoms with Crippen molar-refractivity contribution in [2.45, 2.75) is 71.3 Å². The monoisotopic (exact) mass is 463 g/mol. The lowest BCUT2D eigenvalue weighted by Gasteiger charge is -2.58. The lowest BCUT2D eigenvalue weighted by Crippen LogP contribution is -2.58. The van der Waals surface area contributed by atoms with Gasteiger partial charge in [-0.15, -0.1) is 11.3 Å². The summed E-state index contributed by atoms with van der Waals surface area (Å²) in [7, 11) is 0. The lowest BCUT2D eigenvalue weighted by atomic mass is 9.48. The number of thiophene rings is 1. The molecule has 4 bridgehead atoms. The zero-order valence-electron chi connectivity index (χ0n) is 19.1. The van der Waals surface area contributed by atoms with Crippen LogP contribution in [0.4, 0.5) is 5.00 Å². The molecule has 4 aliphatic carbocycles. The Morgan fingerprint density at radius 1 is 1.19 bits per heavy atom. The maximum absolute atomic E-state index is 13.0. The van der Waals surface area contributed by atoms with E-state index in [4.69, 9.17) is 9.47 Å². The molecule has 0 aromatic carbocycles. The van der Waals surface area contributed by atoms with E-state index in [1.165, 1.54) is 11.3 Å². The van der Waals surface area contributed by atoms with Gasteiger partial charge in [0.05, 0.1) is 23.2 Å². The first-order chi connectivity index (χ1) is 15.1. The van der Waals surface area contributed by atoms with Crippen LogP contribution in [0.15, 0.2) is 5.38 Å². The Hall–Kier alpha value is -1.93. The summed E-state index contributed by atoms with van der Waals surface area (Å²) in [6, 6.07) is 0. The van der Waals surface area contributed by atoms with Gasteiger partial charge >= 0.3 is 11.9 Å². The van der Waals surface area contributed by atoms with Crippen molar-refractivity contribution in [3.63, 3.8) is 0 Å². The minimum absolute atomic E-state index is 0.247. The normalized spacial score (nSPS) is 30.4. The van der Waals surface area contributed by atoms with Gasteiger partial charge in [-0.05, 0) is 80.6 Å². The highest BCUT2D eigenvalue weighted by atomic mass is 32.1. The molecule has 0 radical (unpaired) electrons. The zero-order chi connectivity index (χ0) is 23.1. The van der Waals surface area contributed by atoms with Crippen LogP contribution < -0.4 is 5.32 Å². The van der Waals surface area contributed by atoms with E-state index in [1.54, 1.807) is 6.92 Å². The van der Waals surface area contributed by atoms with E-state index < -0.39 is 29.5 Å². The fourth-order valence-electron chi connectivity index (χ4n) is 6.40. The average Bonchev–Trinajstić information content (AvgIpc) is 3.05. The molecular weight excluding hydrogens is 430 g/mol. The minimum atomic E-state index is -0.760. The summed E-state index contributed by atoms with van der Waals surface area (Å²) in [5, 5.41) is 15.9. The van der Waals surface area contributed by atoms with Crippen molar-refractivity contribution in [2.75, 3.05) is 18.5 Å². The number of rotatable bonds is 8. The standard InChI is InChI=1S/C24H33NO6S/c1-4-30-21(27)19-17(5-14(2)3)12-32-20(19)25-18(26)11-31-22(28)23-7-15-6-16(8-23)10-24(29,9-15)13-23/h12,14-16,29H,4-11,13H2,1-3H3,(H,25,26)/t15-,16+,23?,24?. The van der Waals surface area contributed by atoms with Crippen LogP contribution in [0.5, 0.6) is 0 Å². The van der Waals surface area contributed by atoms with Crippen molar-refractivity contribution in [1.29, 1.82) is 0 Å². The van der Waals surface area contributed by atoms with Crippen molar-refractivity contribution in [3.05, 3.63) is 16.5 Å². The number of hydrogen-bond acceptors (Lipinski definition) is 7. The molecule has 0 spiro atoms. The summed E-state index contributed by atoms with van der Waals surface area (Å²) in [6.07, 6.45) is 5.23. The lowest BCUT2D eigenvalue weighted by molar-refractivity contribution is -0.196. The number of nitrogens with one attached hydrogen (secondary N) is 1. The SMILES string of the molecule is CCOC(=O)c1c(CC(C)C)csc1NC(=O)COC(=O)C12C[C@@H]3C[C@@H](CC(O)(C3)C1)C2. The predicted molar refractivity (Wildman–Crippen MR) is 120 cm³/mol. The van der Waals surface area contributed by atoms with E-state index in [2.05, 4.69) is 19.2 Å². The fraction of sp³-hybridized carbons (Fsp3) is 0.708. The number of amides is 1. The maximum Gasteiger partial charge on any atom is 0.341 e. The summed E-state index contributed by atoms with van der Waals surface area (Å²) in [5.74, 6) is -0.251. The van der Waals surface area contributed by atoms with Gasteiger partial charge in [0, 0.05) is 0 Å². The van der Waals surface area contributed by atoms with Crippen LogP contribution in [-0.2, 0) is 25.5 Å². The van der Waals surface area contributed by atoms with Gasteiger partial charge in [-0.3, -0.25) is 9.59 Å². The molecule has 1 amide bonds. The van der Waals surface area contributed by atoms with Crippen molar-refractivity contribution < 1.29 is 29.0 Å². The first kappa shape index (κ1) is 23.2. The summed E-state index contributed by atoms with van der Waals surface area (Å²) >= 11 is 1.28. The summed E-state index contributed by atoms with van der Waals surface area (Å²) in [4.78, 5) is 38.1. The Bertz CT molecular complexity index is 892. The summed E-state index contributed by atoms with van der Waals surface area (Å²) in [5.41, 5.74) is -0.196. The summed E-state index contributed by atoms with van der Waals surface area (Å²) in [6.45, 7) is 5.70. The number of hydrogen-bond donors (Lipinski definition) is 2. The van der Waals surface area contributed by atoms with Crippen LogP contribution >= 0.6 is 11.3 Å². The van der Waals surface area contributed by atoms with Gasteiger partial charge in [0.25, 0.3) is 5.91 Å². The van der Waals surface area contributed by atoms with E-state index in [9.17, 15) is 19.5 Å². The van der Waals surface area contributed by atoms with Gasteiger partial charge in [-0.1, -0.05) is 13.8 Å². The van der Waals surface area contributed by atoms with E-state index in [0.29, 0.717) is 41.2 Å². The van der Waals surface area contributed by atoms with Gasteiger partial charge in [0.1, 0.15) is 5.00 Å². The molecule has 1 aromatic rings. The van der Waals surface area contributed by atoms with Gasteiger partial charge in [0.15, 0.2) is 6.61 Å². The molecule has 2 N–H and O–H groups in total. The van der Waals surface area contributed by atoms with Crippen molar-refractivity contribution in [2.24, 2.45) is 23.2 Å². The Kier molecular flexibility index (Phi) is 6.38. The molecule has 7 nitrogen and oxygen atoms in total. The molecular formula is C24H33NO6S. The second kappa shape index (κ2) is 8.78. The number of carbonyl (C=O) groups is 3. The first-order valence-corrected chi connectivity index (χ1v) is 12.5. The molecule has 1 aromatic heterocycles. The number of esters is 2. The Balaban J connectivity index is 1.40. The van der Waals surface area contributed by atoms with Gasteiger partial charge < -0.3 is 19.9 Å². The zero-order valence-corrected chi connectivity index (χ0v) is 19.9. The van der Waals surface area contributed by atoms with Gasteiger partial charge in [-0.25, -0.2) is 4.79 Å². The van der Waals surface area contributed by atoms with Crippen molar-refractivity contribution in [3.8, 4) is 0 Å². The Labute approximate surface area is 192 Å². The number of carbonyl (C=O) groups excluding carboxylic acids is 3. The van der Waals surface area contributed by atoms with Crippen LogP contribution in [0.25, 0.3) is 0 Å². The molecule has 4 saturated carbocycles. The fourth-order valence-corrected chi connectivity index (χ4v) is 7.38. The number of ether oxygens (including phenoxy) is 2. The Morgan fingerprint density at radius 2 is 1.88 bits per heavy atom. The van der Waals surface area contributed by atoms with Crippen LogP contribution in [0.1, 0.15) is 75.2 Å². The van der Waals surface area contributed by atoms with Crippen LogP contribution in [0.2, 0.25) is 0 Å². The third-order valence-electron chi connectivity index (χ3n) is 7.03. The highest BCUT2D eigenvalue weighted by Crippen LogP contribution is 2.61. The molecule has 4 atom stereocenters. The molecule has 5 rings (SSSR count). The molecule has 1 heterocycles. The third kappa shape index (κ3) is 4.57. The highest BCUT2D eigenvalue weighted by molar-refractivity contribution is 7.15. The van der Waals surface area contributed by atoms with E-state index >= 15 is 0 Å². The van der Waals surface area contributed by atoms with Crippen LogP contribution in [0.3, 0.4) is 0 Å². The van der Waals surface area contributed by atoms with Gasteiger partial charge in [-0.2, -0.15) is 0 Å². The molecule has 176 valence electrons. The molecule has 4 aliphatic rings. The number of anilines is 1. The predicted octanol–water partition coefficient (Wildman–Crippen LogP) is 3.94. The number of aliphatic hydroxyl groups is 1. The molecule has 0 saturated heterocycles. The van der Waals surface area contributed by atoms with Crippen molar-refractivity contribution >= 4 is 34.2 Å². The van der Waals surface area contributed by atoms with E-state index in [1.807, 2.05) is 5.38 Å². The van der Waals surface area contributed by atoms with Crippen LogP contribution in [0, 0.1) is 23.2 Å². The minimum Gasteiger partial charge on any atom is -0.462 e. The van der Waals surface area contributed by atoms with E-state index in [-0.39, 0.29) is 12.6 Å². The second-order valence-electron chi connectivity index (χ2n) is 10.4. The molecule has 32 heavy (non-hydrogen) atoms. The maximum atomic E-state index is 13.0. The molecule has 4 fully saturated rings. The largest absolute Gasteiger partial charge is 0.462 e. The van der Waals surface area contributed by atoms with Gasteiger partial charge in [0.2, 0.25) is 0 Å². The Morgan fingerprint density at radius 3 is 2.47 bits per heavy atom. The quantitative estimate of drug-likeness (QED) is 0.566. The highest BCUT2D eigenvalue weighted by Gasteiger charge is 2.60. The molecule has 8 heteroatoms. The molecule has 0 aliphatic heterocycles. The first-order valence-electron chi connectivity index (χ1n) is 11.6. The second-order valence-corrected chi connectivity index (χ2v) is 11.3. The third-order valence-corrected chi connectivity index (χ3v) is 7.97. The average molecular weight is 464 g/mol. The topological polar surface area (TPSA) is 102 Å². The summed E-state index contributed by atoms with van der Waals surface area (Å²) < 4.78 is 10.6. The van der Waals surface area contributed by atoms with Crippen LogP contribution in [-0.4, -0.2) is 41.8 Å². The smallest absolute Gasteiger partial charge is 0.341 e. The van der Waals surface area contributed by atoms with Crippen molar-refractivity contribution in [1.82, 2.24) is 0 Å². The van der Waals surface area contributed by atoms with E-state index in [0.717, 1.165) is 37.7 Å².